The SMILES string of the molecule is CCOC(=O)[C@H]1CCCN(CC2(O)CCCCC2)C1. The predicted molar refractivity (Wildman–Crippen MR) is 73.8 cm³/mol. The van der Waals surface area contributed by atoms with Gasteiger partial charge in [-0.05, 0) is 39.2 Å². The van der Waals surface area contributed by atoms with Crippen LogP contribution in [0.1, 0.15) is 51.9 Å². The molecule has 0 aromatic carbocycles. The quantitative estimate of drug-likeness (QED) is 0.793. The van der Waals surface area contributed by atoms with E-state index in [4.69, 9.17) is 4.74 Å². The molecule has 110 valence electrons. The maximum Gasteiger partial charge on any atom is 0.310 e. The lowest BCUT2D eigenvalue weighted by Gasteiger charge is -2.40. The molecular formula is C15H27NO3. The molecule has 1 N–H and O–H groups in total. The summed E-state index contributed by atoms with van der Waals surface area (Å²) in [7, 11) is 0. The molecule has 19 heavy (non-hydrogen) atoms. The Morgan fingerprint density at radius 3 is 2.74 bits per heavy atom. The Morgan fingerprint density at radius 2 is 2.05 bits per heavy atom. The first-order valence-electron chi connectivity index (χ1n) is 7.74. The van der Waals surface area contributed by atoms with E-state index in [0.717, 1.165) is 58.2 Å². The lowest BCUT2D eigenvalue weighted by molar-refractivity contribution is -0.150. The monoisotopic (exact) mass is 269 g/mol. The topological polar surface area (TPSA) is 49.8 Å². The van der Waals surface area contributed by atoms with E-state index >= 15 is 0 Å². The lowest BCUT2D eigenvalue weighted by Crippen LogP contribution is -2.49. The Balaban J connectivity index is 1.85. The number of ether oxygens (including phenoxy) is 1. The van der Waals surface area contributed by atoms with E-state index in [1.165, 1.54) is 6.42 Å². The Hall–Kier alpha value is -0.610. The third kappa shape index (κ3) is 4.18. The minimum Gasteiger partial charge on any atom is -0.466 e. The number of rotatable bonds is 4. The molecule has 4 heteroatoms. The molecule has 1 atom stereocenters. The molecule has 0 spiro atoms. The van der Waals surface area contributed by atoms with Crippen molar-refractivity contribution in [1.29, 1.82) is 0 Å². The number of hydrogen-bond donors (Lipinski definition) is 1. The van der Waals surface area contributed by atoms with Crippen LogP contribution in [-0.4, -0.2) is 47.8 Å². The molecular weight excluding hydrogens is 242 g/mol. The number of esters is 1. The molecule has 2 aliphatic rings. The fourth-order valence-electron chi connectivity index (χ4n) is 3.44. The zero-order valence-corrected chi connectivity index (χ0v) is 12.1. The van der Waals surface area contributed by atoms with Crippen molar-refractivity contribution >= 4 is 5.97 Å². The number of β-amino-alcohol motifs (C(OH)–C–C–N with tert-alkyl or cyclic N) is 1. The average molecular weight is 269 g/mol. The molecule has 0 radical (unpaired) electrons. The predicted octanol–water partition coefficient (Wildman–Crippen LogP) is 1.96. The lowest BCUT2D eigenvalue weighted by atomic mass is 9.84. The first-order chi connectivity index (χ1) is 9.13. The van der Waals surface area contributed by atoms with Gasteiger partial charge in [0.2, 0.25) is 0 Å². The highest BCUT2D eigenvalue weighted by molar-refractivity contribution is 5.72. The van der Waals surface area contributed by atoms with Crippen LogP contribution in [0.3, 0.4) is 0 Å². The van der Waals surface area contributed by atoms with Crippen molar-refractivity contribution in [2.45, 2.75) is 57.5 Å². The van der Waals surface area contributed by atoms with Gasteiger partial charge in [0.05, 0.1) is 18.1 Å². The molecule has 0 unspecified atom stereocenters. The molecule has 0 aromatic heterocycles. The maximum absolute atomic E-state index is 11.8. The van der Waals surface area contributed by atoms with Gasteiger partial charge in [0.15, 0.2) is 0 Å². The summed E-state index contributed by atoms with van der Waals surface area (Å²) in [6, 6.07) is 0. The van der Waals surface area contributed by atoms with Gasteiger partial charge in [0.25, 0.3) is 0 Å². The van der Waals surface area contributed by atoms with Crippen molar-refractivity contribution in [3.8, 4) is 0 Å². The standard InChI is InChI=1S/C15H27NO3/c1-2-19-14(17)13-7-6-10-16(11-13)12-15(18)8-4-3-5-9-15/h13,18H,2-12H2,1H3/t13-/m0/s1. The summed E-state index contributed by atoms with van der Waals surface area (Å²) >= 11 is 0. The summed E-state index contributed by atoms with van der Waals surface area (Å²) in [5.41, 5.74) is -0.519. The molecule has 0 bridgehead atoms. The minimum absolute atomic E-state index is 0.000825. The van der Waals surface area contributed by atoms with E-state index in [0.29, 0.717) is 6.61 Å². The summed E-state index contributed by atoms with van der Waals surface area (Å²) in [4.78, 5) is 14.1. The van der Waals surface area contributed by atoms with E-state index in [1.54, 1.807) is 0 Å². The molecule has 1 aliphatic carbocycles. The highest BCUT2D eigenvalue weighted by Crippen LogP contribution is 2.30. The van der Waals surface area contributed by atoms with E-state index in [-0.39, 0.29) is 11.9 Å². The number of likely N-dealkylation sites (tertiary alicyclic amines) is 1. The minimum atomic E-state index is -0.519. The fraction of sp³-hybridized carbons (Fsp3) is 0.933. The van der Waals surface area contributed by atoms with Gasteiger partial charge in [0.1, 0.15) is 0 Å². The van der Waals surface area contributed by atoms with Crippen LogP contribution in [0.2, 0.25) is 0 Å². The fourth-order valence-corrected chi connectivity index (χ4v) is 3.44. The number of carbonyl (C=O) groups excluding carboxylic acids is 1. The first kappa shape index (κ1) is 14.8. The molecule has 0 amide bonds. The zero-order valence-electron chi connectivity index (χ0n) is 12.1. The highest BCUT2D eigenvalue weighted by atomic mass is 16.5. The van der Waals surface area contributed by atoms with Crippen LogP contribution < -0.4 is 0 Å². The smallest absolute Gasteiger partial charge is 0.310 e. The van der Waals surface area contributed by atoms with Crippen LogP contribution >= 0.6 is 0 Å². The Labute approximate surface area is 116 Å². The van der Waals surface area contributed by atoms with Crippen LogP contribution in [0.25, 0.3) is 0 Å². The van der Waals surface area contributed by atoms with Gasteiger partial charge in [-0.3, -0.25) is 9.69 Å². The normalized spacial score (nSPS) is 28.0. The molecule has 1 saturated carbocycles. The van der Waals surface area contributed by atoms with Gasteiger partial charge in [-0.15, -0.1) is 0 Å². The van der Waals surface area contributed by atoms with Crippen LogP contribution in [0, 0.1) is 5.92 Å². The molecule has 1 heterocycles. The molecule has 2 rings (SSSR count). The first-order valence-corrected chi connectivity index (χ1v) is 7.74. The van der Waals surface area contributed by atoms with Gasteiger partial charge in [-0.25, -0.2) is 0 Å². The van der Waals surface area contributed by atoms with Crippen molar-refractivity contribution in [3.63, 3.8) is 0 Å². The van der Waals surface area contributed by atoms with E-state index < -0.39 is 5.60 Å². The number of piperidine rings is 1. The van der Waals surface area contributed by atoms with Crippen LogP contribution in [-0.2, 0) is 9.53 Å². The van der Waals surface area contributed by atoms with Gasteiger partial charge >= 0.3 is 5.97 Å². The summed E-state index contributed by atoms with van der Waals surface area (Å²) < 4.78 is 5.12. The summed E-state index contributed by atoms with van der Waals surface area (Å²) in [5, 5.41) is 10.6. The molecule has 1 saturated heterocycles. The van der Waals surface area contributed by atoms with Crippen molar-refractivity contribution in [3.05, 3.63) is 0 Å². The number of carbonyl (C=O) groups is 1. The van der Waals surface area contributed by atoms with Crippen molar-refractivity contribution in [2.24, 2.45) is 5.92 Å². The summed E-state index contributed by atoms with van der Waals surface area (Å²) in [6.07, 6.45) is 7.28. The van der Waals surface area contributed by atoms with Gasteiger partial charge in [0, 0.05) is 13.1 Å². The molecule has 0 aromatic rings. The van der Waals surface area contributed by atoms with Gasteiger partial charge in [-0.1, -0.05) is 19.3 Å². The zero-order chi connectivity index (χ0) is 13.7. The number of aliphatic hydroxyl groups is 1. The number of hydrogen-bond acceptors (Lipinski definition) is 4. The summed E-state index contributed by atoms with van der Waals surface area (Å²) in [6.45, 7) is 4.78. The third-order valence-electron chi connectivity index (χ3n) is 4.43. The third-order valence-corrected chi connectivity index (χ3v) is 4.43. The number of nitrogens with zero attached hydrogens (tertiary/aromatic N) is 1. The van der Waals surface area contributed by atoms with Gasteiger partial charge < -0.3 is 9.84 Å². The average Bonchev–Trinajstić information content (AvgIpc) is 2.39. The van der Waals surface area contributed by atoms with Crippen molar-refractivity contribution in [2.75, 3.05) is 26.2 Å². The van der Waals surface area contributed by atoms with E-state index in [9.17, 15) is 9.90 Å². The van der Waals surface area contributed by atoms with Crippen molar-refractivity contribution < 1.29 is 14.6 Å². The second-order valence-corrected chi connectivity index (χ2v) is 6.11. The Morgan fingerprint density at radius 1 is 1.32 bits per heavy atom. The highest BCUT2D eigenvalue weighted by Gasteiger charge is 2.34. The van der Waals surface area contributed by atoms with Crippen LogP contribution in [0.15, 0.2) is 0 Å². The Kier molecular flexibility index (Phi) is 5.22. The molecule has 1 aliphatic heterocycles. The largest absolute Gasteiger partial charge is 0.466 e. The van der Waals surface area contributed by atoms with Crippen LogP contribution in [0.4, 0.5) is 0 Å². The second kappa shape index (κ2) is 6.71. The van der Waals surface area contributed by atoms with E-state index in [2.05, 4.69) is 4.90 Å². The van der Waals surface area contributed by atoms with Gasteiger partial charge in [-0.2, -0.15) is 0 Å². The second-order valence-electron chi connectivity index (χ2n) is 6.11. The summed E-state index contributed by atoms with van der Waals surface area (Å²) in [5.74, 6) is -0.0660. The van der Waals surface area contributed by atoms with Crippen molar-refractivity contribution in [1.82, 2.24) is 4.90 Å². The van der Waals surface area contributed by atoms with Crippen LogP contribution in [0.5, 0.6) is 0 Å². The molecule has 4 nitrogen and oxygen atoms in total. The molecule has 2 fully saturated rings. The Bertz CT molecular complexity index is 300. The van der Waals surface area contributed by atoms with E-state index in [1.807, 2.05) is 6.92 Å². The maximum atomic E-state index is 11.8.